The molecule has 3 heterocycles. The molecule has 0 spiro atoms. The number of anilines is 2. The van der Waals surface area contributed by atoms with E-state index in [0.29, 0.717) is 23.0 Å². The van der Waals surface area contributed by atoms with Crippen molar-refractivity contribution in [3.05, 3.63) is 66.0 Å². The number of benzene rings is 1. The van der Waals surface area contributed by atoms with Crippen molar-refractivity contribution in [3.8, 4) is 5.75 Å². The lowest BCUT2D eigenvalue weighted by Gasteiger charge is -2.38. The standard InChI is InChI=1S/C21H22ClN5O3/c1-29-16-6-7-18(23-10-16)17-11-27(20-12-30-13-24-20)9-8-19(17)26-21(28)25-15-4-2-14(22)3-5-15/h2-7,10,12-13,17,19H,8-9,11H2,1H3,(H2,25,26,28)/t17-,19+/m0/s1. The van der Waals surface area contributed by atoms with Gasteiger partial charge in [0.25, 0.3) is 0 Å². The van der Waals surface area contributed by atoms with Crippen molar-refractivity contribution < 1.29 is 13.9 Å². The number of ether oxygens (including phenoxy) is 1. The molecule has 4 rings (SSSR count). The summed E-state index contributed by atoms with van der Waals surface area (Å²) in [4.78, 5) is 23.6. The van der Waals surface area contributed by atoms with Gasteiger partial charge in [-0.25, -0.2) is 4.79 Å². The average Bonchev–Trinajstić information content (AvgIpc) is 3.31. The van der Waals surface area contributed by atoms with E-state index in [2.05, 4.69) is 25.5 Å². The predicted octanol–water partition coefficient (Wildman–Crippen LogP) is 3.92. The van der Waals surface area contributed by atoms with Crippen LogP contribution in [0, 0.1) is 0 Å². The fourth-order valence-corrected chi connectivity index (χ4v) is 3.72. The summed E-state index contributed by atoms with van der Waals surface area (Å²) >= 11 is 5.91. The van der Waals surface area contributed by atoms with E-state index in [-0.39, 0.29) is 18.0 Å². The van der Waals surface area contributed by atoms with Crippen LogP contribution in [0.15, 0.2) is 59.7 Å². The molecule has 156 valence electrons. The number of hydrogen-bond acceptors (Lipinski definition) is 6. The number of nitrogens with zero attached hydrogens (tertiary/aromatic N) is 3. The van der Waals surface area contributed by atoms with Crippen molar-refractivity contribution >= 4 is 29.1 Å². The number of carbonyl (C=O) groups is 1. The Morgan fingerprint density at radius 2 is 2.07 bits per heavy atom. The maximum atomic E-state index is 12.6. The normalized spacial score (nSPS) is 18.7. The van der Waals surface area contributed by atoms with Crippen LogP contribution in [0.25, 0.3) is 0 Å². The van der Waals surface area contributed by atoms with Crippen molar-refractivity contribution in [2.75, 3.05) is 30.4 Å². The molecule has 0 bridgehead atoms. The molecule has 0 saturated carbocycles. The summed E-state index contributed by atoms with van der Waals surface area (Å²) in [6.45, 7) is 1.39. The first kappa shape index (κ1) is 20.0. The smallest absolute Gasteiger partial charge is 0.319 e. The van der Waals surface area contributed by atoms with Crippen LogP contribution in [-0.2, 0) is 0 Å². The Balaban J connectivity index is 1.50. The molecule has 2 N–H and O–H groups in total. The minimum absolute atomic E-state index is 0.0303. The molecule has 2 atom stereocenters. The highest BCUT2D eigenvalue weighted by Crippen LogP contribution is 2.29. The minimum atomic E-state index is -0.268. The molecule has 0 radical (unpaired) electrons. The number of halogens is 1. The highest BCUT2D eigenvalue weighted by atomic mass is 35.5. The number of carbonyl (C=O) groups excluding carboxylic acids is 1. The van der Waals surface area contributed by atoms with Crippen LogP contribution in [0.4, 0.5) is 16.3 Å². The second-order valence-corrected chi connectivity index (χ2v) is 7.46. The molecule has 9 heteroatoms. The molecular weight excluding hydrogens is 406 g/mol. The quantitative estimate of drug-likeness (QED) is 0.641. The summed E-state index contributed by atoms with van der Waals surface area (Å²) in [6, 6.07) is 10.4. The monoisotopic (exact) mass is 427 g/mol. The number of amides is 2. The Morgan fingerprint density at radius 1 is 1.23 bits per heavy atom. The van der Waals surface area contributed by atoms with Crippen LogP contribution in [0.3, 0.4) is 0 Å². The van der Waals surface area contributed by atoms with Crippen molar-refractivity contribution in [2.45, 2.75) is 18.4 Å². The van der Waals surface area contributed by atoms with E-state index in [0.717, 1.165) is 24.5 Å². The average molecular weight is 428 g/mol. The summed E-state index contributed by atoms with van der Waals surface area (Å²) in [5.41, 5.74) is 1.55. The lowest BCUT2D eigenvalue weighted by atomic mass is 9.89. The fourth-order valence-electron chi connectivity index (χ4n) is 3.60. The Morgan fingerprint density at radius 3 is 2.73 bits per heavy atom. The van der Waals surface area contributed by atoms with Gasteiger partial charge < -0.3 is 24.7 Å². The first-order chi connectivity index (χ1) is 14.6. The fraction of sp³-hybridized carbons (Fsp3) is 0.286. The van der Waals surface area contributed by atoms with Crippen molar-refractivity contribution in [2.24, 2.45) is 0 Å². The molecule has 1 aliphatic heterocycles. The van der Waals surface area contributed by atoms with Crippen molar-refractivity contribution in [3.63, 3.8) is 0 Å². The highest BCUT2D eigenvalue weighted by Gasteiger charge is 2.33. The second-order valence-electron chi connectivity index (χ2n) is 7.02. The molecular formula is C21H22ClN5O3. The van der Waals surface area contributed by atoms with Crippen LogP contribution in [0.1, 0.15) is 18.0 Å². The first-order valence-corrected chi connectivity index (χ1v) is 9.96. The van der Waals surface area contributed by atoms with E-state index in [4.69, 9.17) is 20.8 Å². The van der Waals surface area contributed by atoms with Gasteiger partial charge in [-0.2, -0.15) is 4.98 Å². The van der Waals surface area contributed by atoms with Crippen LogP contribution in [0.2, 0.25) is 5.02 Å². The minimum Gasteiger partial charge on any atom is -0.495 e. The van der Waals surface area contributed by atoms with Gasteiger partial charge in [0, 0.05) is 41.5 Å². The van der Waals surface area contributed by atoms with E-state index in [1.165, 1.54) is 6.39 Å². The number of rotatable bonds is 5. The highest BCUT2D eigenvalue weighted by molar-refractivity contribution is 6.30. The molecule has 8 nitrogen and oxygen atoms in total. The number of methoxy groups -OCH3 is 1. The summed E-state index contributed by atoms with van der Waals surface area (Å²) in [6.07, 6.45) is 5.47. The number of oxazole rings is 1. The number of pyridine rings is 1. The van der Waals surface area contributed by atoms with Gasteiger partial charge in [-0.1, -0.05) is 11.6 Å². The summed E-state index contributed by atoms with van der Waals surface area (Å²) in [5.74, 6) is 1.43. The third-order valence-corrected chi connectivity index (χ3v) is 5.40. The molecule has 2 aromatic heterocycles. The first-order valence-electron chi connectivity index (χ1n) is 9.58. The number of urea groups is 1. The zero-order chi connectivity index (χ0) is 20.9. The van der Waals surface area contributed by atoms with E-state index in [9.17, 15) is 4.79 Å². The molecule has 1 saturated heterocycles. The van der Waals surface area contributed by atoms with Crippen molar-refractivity contribution in [1.29, 1.82) is 0 Å². The molecule has 1 aliphatic rings. The number of aromatic nitrogens is 2. The van der Waals surface area contributed by atoms with Gasteiger partial charge in [0.15, 0.2) is 12.2 Å². The summed E-state index contributed by atoms with van der Waals surface area (Å²) in [5, 5.41) is 6.57. The van der Waals surface area contributed by atoms with Gasteiger partial charge in [0.1, 0.15) is 12.0 Å². The van der Waals surface area contributed by atoms with E-state index >= 15 is 0 Å². The van der Waals surface area contributed by atoms with Crippen LogP contribution in [0.5, 0.6) is 5.75 Å². The van der Waals surface area contributed by atoms with Gasteiger partial charge in [-0.05, 0) is 42.8 Å². The van der Waals surface area contributed by atoms with Gasteiger partial charge >= 0.3 is 6.03 Å². The third-order valence-electron chi connectivity index (χ3n) is 5.15. The number of piperidine rings is 1. The van der Waals surface area contributed by atoms with E-state index < -0.39 is 0 Å². The third kappa shape index (κ3) is 4.65. The molecule has 0 unspecified atom stereocenters. The molecule has 1 aromatic carbocycles. The van der Waals surface area contributed by atoms with Gasteiger partial charge in [-0.3, -0.25) is 4.98 Å². The maximum absolute atomic E-state index is 12.6. The lowest BCUT2D eigenvalue weighted by Crippen LogP contribution is -2.51. The van der Waals surface area contributed by atoms with Crippen LogP contribution >= 0.6 is 11.6 Å². The Labute approximate surface area is 179 Å². The molecule has 0 aliphatic carbocycles. The summed E-state index contributed by atoms with van der Waals surface area (Å²) in [7, 11) is 1.61. The van der Waals surface area contributed by atoms with Crippen molar-refractivity contribution in [1.82, 2.24) is 15.3 Å². The van der Waals surface area contributed by atoms with Crippen LogP contribution < -0.4 is 20.3 Å². The van der Waals surface area contributed by atoms with Gasteiger partial charge in [0.05, 0.1) is 13.3 Å². The Bertz CT molecular complexity index is 963. The van der Waals surface area contributed by atoms with Gasteiger partial charge in [-0.15, -0.1) is 0 Å². The predicted molar refractivity (Wildman–Crippen MR) is 114 cm³/mol. The zero-order valence-electron chi connectivity index (χ0n) is 16.4. The lowest BCUT2D eigenvalue weighted by molar-refractivity contribution is 0.243. The SMILES string of the molecule is COc1ccc([C@@H]2CN(c3cocn3)CC[C@H]2NC(=O)Nc2ccc(Cl)cc2)nc1. The van der Waals surface area contributed by atoms with Crippen LogP contribution in [-0.4, -0.2) is 42.2 Å². The molecule has 1 fully saturated rings. The van der Waals surface area contributed by atoms with E-state index in [1.54, 1.807) is 43.8 Å². The number of nitrogens with one attached hydrogen (secondary N) is 2. The second kappa shape index (κ2) is 9.04. The zero-order valence-corrected chi connectivity index (χ0v) is 17.2. The maximum Gasteiger partial charge on any atom is 0.319 e. The molecule has 3 aromatic rings. The van der Waals surface area contributed by atoms with Gasteiger partial charge in [0.2, 0.25) is 0 Å². The summed E-state index contributed by atoms with van der Waals surface area (Å²) < 4.78 is 10.3. The van der Waals surface area contributed by atoms with E-state index in [1.807, 2.05) is 12.1 Å². The molecule has 2 amide bonds. The Hall–Kier alpha value is -3.26. The topological polar surface area (TPSA) is 92.5 Å². The number of hydrogen-bond donors (Lipinski definition) is 2. The largest absolute Gasteiger partial charge is 0.495 e. The Kier molecular flexibility index (Phi) is 6.04. The molecule has 30 heavy (non-hydrogen) atoms.